The Morgan fingerprint density at radius 1 is 1.00 bits per heavy atom. The Kier molecular flexibility index (Phi) is 5.60. The van der Waals surface area contributed by atoms with Gasteiger partial charge in [0.05, 0.1) is 27.4 Å². The van der Waals surface area contributed by atoms with Gasteiger partial charge in [-0.3, -0.25) is 4.90 Å². The van der Waals surface area contributed by atoms with Crippen molar-refractivity contribution in [2.24, 2.45) is 0 Å². The highest BCUT2D eigenvalue weighted by atomic mass is 32.1. The largest absolute Gasteiger partial charge is 0.496 e. The molecular weight excluding hydrogens is 324 g/mol. The highest BCUT2D eigenvalue weighted by Gasteiger charge is 2.28. The molecule has 0 amide bonds. The van der Waals surface area contributed by atoms with Gasteiger partial charge in [-0.15, -0.1) is 11.3 Å². The summed E-state index contributed by atoms with van der Waals surface area (Å²) in [6, 6.07) is 8.40. The average molecular weight is 348 g/mol. The fraction of sp³-hybridized carbons (Fsp3) is 0.444. The molecule has 1 aliphatic rings. The normalized spacial score (nSPS) is 16.6. The van der Waals surface area contributed by atoms with Gasteiger partial charge < -0.3 is 19.5 Å². The third-order valence-electron chi connectivity index (χ3n) is 4.36. The van der Waals surface area contributed by atoms with E-state index in [2.05, 4.69) is 27.7 Å². The van der Waals surface area contributed by atoms with Crippen molar-refractivity contribution in [3.05, 3.63) is 40.1 Å². The molecule has 0 unspecified atom stereocenters. The van der Waals surface area contributed by atoms with E-state index in [1.165, 1.54) is 4.88 Å². The van der Waals surface area contributed by atoms with E-state index >= 15 is 0 Å². The molecule has 24 heavy (non-hydrogen) atoms. The minimum absolute atomic E-state index is 0.154. The van der Waals surface area contributed by atoms with E-state index in [1.54, 1.807) is 32.7 Å². The number of benzene rings is 1. The van der Waals surface area contributed by atoms with Gasteiger partial charge in [0.25, 0.3) is 0 Å². The van der Waals surface area contributed by atoms with Crippen LogP contribution in [0.1, 0.15) is 16.5 Å². The Bertz CT molecular complexity index is 655. The molecule has 0 bridgehead atoms. The van der Waals surface area contributed by atoms with Gasteiger partial charge in [0.1, 0.15) is 5.75 Å². The fourth-order valence-corrected chi connectivity index (χ4v) is 4.06. The van der Waals surface area contributed by atoms with Gasteiger partial charge in [-0.05, 0) is 17.5 Å². The molecule has 1 saturated heterocycles. The monoisotopic (exact) mass is 348 g/mol. The lowest BCUT2D eigenvalue weighted by Gasteiger charge is -2.35. The number of rotatable bonds is 6. The van der Waals surface area contributed by atoms with Crippen molar-refractivity contribution in [3.63, 3.8) is 0 Å². The van der Waals surface area contributed by atoms with Gasteiger partial charge >= 0.3 is 0 Å². The van der Waals surface area contributed by atoms with Gasteiger partial charge in [-0.25, -0.2) is 0 Å². The first-order chi connectivity index (χ1) is 11.8. The molecule has 1 aliphatic heterocycles. The number of piperazine rings is 1. The van der Waals surface area contributed by atoms with E-state index < -0.39 is 0 Å². The molecule has 2 aromatic rings. The third-order valence-corrected chi connectivity index (χ3v) is 5.28. The maximum absolute atomic E-state index is 5.68. The molecule has 1 N–H and O–H groups in total. The van der Waals surface area contributed by atoms with E-state index in [0.29, 0.717) is 5.75 Å². The summed E-state index contributed by atoms with van der Waals surface area (Å²) >= 11 is 1.77. The minimum atomic E-state index is 0.154. The Morgan fingerprint density at radius 3 is 2.25 bits per heavy atom. The number of ether oxygens (including phenoxy) is 3. The first kappa shape index (κ1) is 17.1. The molecule has 1 aromatic carbocycles. The lowest BCUT2D eigenvalue weighted by atomic mass is 10.0. The van der Waals surface area contributed by atoms with Crippen molar-refractivity contribution in [1.29, 1.82) is 0 Å². The van der Waals surface area contributed by atoms with E-state index in [0.717, 1.165) is 43.2 Å². The zero-order chi connectivity index (χ0) is 16.9. The van der Waals surface area contributed by atoms with Crippen LogP contribution in [0.2, 0.25) is 0 Å². The van der Waals surface area contributed by atoms with E-state index in [-0.39, 0.29) is 6.04 Å². The number of thiophene rings is 1. The van der Waals surface area contributed by atoms with Crippen LogP contribution in [0.4, 0.5) is 0 Å². The summed E-state index contributed by atoms with van der Waals surface area (Å²) in [6.07, 6.45) is 0. The van der Waals surface area contributed by atoms with Crippen LogP contribution in [0.15, 0.2) is 29.6 Å². The summed E-state index contributed by atoms with van der Waals surface area (Å²) in [5.41, 5.74) is 1.11. The van der Waals surface area contributed by atoms with Crippen molar-refractivity contribution in [1.82, 2.24) is 10.2 Å². The molecule has 0 radical (unpaired) electrons. The number of methoxy groups -OCH3 is 3. The van der Waals surface area contributed by atoms with Crippen LogP contribution in [-0.2, 0) is 0 Å². The third kappa shape index (κ3) is 3.36. The van der Waals surface area contributed by atoms with Crippen LogP contribution >= 0.6 is 11.3 Å². The van der Waals surface area contributed by atoms with Crippen LogP contribution in [0.3, 0.4) is 0 Å². The van der Waals surface area contributed by atoms with Crippen molar-refractivity contribution >= 4 is 11.3 Å². The fourth-order valence-electron chi connectivity index (χ4n) is 3.18. The average Bonchev–Trinajstić information content (AvgIpc) is 3.16. The van der Waals surface area contributed by atoms with Gasteiger partial charge in [-0.1, -0.05) is 6.07 Å². The molecule has 130 valence electrons. The van der Waals surface area contributed by atoms with Crippen molar-refractivity contribution in [2.75, 3.05) is 47.5 Å². The quantitative estimate of drug-likeness (QED) is 0.869. The van der Waals surface area contributed by atoms with Crippen LogP contribution in [-0.4, -0.2) is 52.4 Å². The van der Waals surface area contributed by atoms with Gasteiger partial charge in [-0.2, -0.15) is 0 Å². The summed E-state index contributed by atoms with van der Waals surface area (Å²) in [5, 5.41) is 5.54. The van der Waals surface area contributed by atoms with Crippen molar-refractivity contribution < 1.29 is 14.2 Å². The zero-order valence-electron chi connectivity index (χ0n) is 14.4. The highest BCUT2D eigenvalue weighted by Crippen LogP contribution is 2.42. The highest BCUT2D eigenvalue weighted by molar-refractivity contribution is 7.10. The topological polar surface area (TPSA) is 43.0 Å². The maximum atomic E-state index is 5.68. The number of hydrogen-bond donors (Lipinski definition) is 1. The molecule has 5 nitrogen and oxygen atoms in total. The Hall–Kier alpha value is -1.76. The van der Waals surface area contributed by atoms with Crippen LogP contribution in [0, 0.1) is 0 Å². The molecule has 1 atom stereocenters. The summed E-state index contributed by atoms with van der Waals surface area (Å²) < 4.78 is 16.6. The lowest BCUT2D eigenvalue weighted by molar-refractivity contribution is 0.197. The summed E-state index contributed by atoms with van der Waals surface area (Å²) in [6.45, 7) is 4.00. The molecular formula is C18H24N2O3S. The standard InChI is InChI=1S/C18H24N2O3S/c1-21-14-12-16(23-3)15(22-2)11-13(14)18(17-5-4-10-24-17)20-8-6-19-7-9-20/h4-5,10-12,18-19H,6-9H2,1-3H3/t18-/m0/s1. The second kappa shape index (κ2) is 7.88. The molecule has 2 heterocycles. The predicted molar refractivity (Wildman–Crippen MR) is 96.7 cm³/mol. The smallest absolute Gasteiger partial charge is 0.164 e. The maximum Gasteiger partial charge on any atom is 0.164 e. The molecule has 6 heteroatoms. The van der Waals surface area contributed by atoms with Crippen LogP contribution in [0.25, 0.3) is 0 Å². The number of hydrogen-bond acceptors (Lipinski definition) is 6. The molecule has 3 rings (SSSR count). The molecule has 0 aliphatic carbocycles. The summed E-state index contributed by atoms with van der Waals surface area (Å²) in [7, 11) is 5.01. The Morgan fingerprint density at radius 2 is 1.67 bits per heavy atom. The summed E-state index contributed by atoms with van der Waals surface area (Å²) in [4.78, 5) is 3.80. The molecule has 1 fully saturated rings. The Labute approximate surface area is 147 Å². The second-order valence-corrected chi connectivity index (χ2v) is 6.63. The SMILES string of the molecule is COc1cc(OC)c([C@@H](c2cccs2)N2CCNCC2)cc1OC. The second-order valence-electron chi connectivity index (χ2n) is 5.65. The summed E-state index contributed by atoms with van der Waals surface area (Å²) in [5.74, 6) is 2.23. The van der Waals surface area contributed by atoms with E-state index in [4.69, 9.17) is 14.2 Å². The minimum Gasteiger partial charge on any atom is -0.496 e. The van der Waals surface area contributed by atoms with E-state index in [1.807, 2.05) is 12.1 Å². The van der Waals surface area contributed by atoms with Crippen molar-refractivity contribution in [3.8, 4) is 17.2 Å². The lowest BCUT2D eigenvalue weighted by Crippen LogP contribution is -2.45. The Balaban J connectivity index is 2.09. The first-order valence-electron chi connectivity index (χ1n) is 8.06. The van der Waals surface area contributed by atoms with Gasteiger partial charge in [0.2, 0.25) is 0 Å². The van der Waals surface area contributed by atoms with Crippen LogP contribution < -0.4 is 19.5 Å². The van der Waals surface area contributed by atoms with Gasteiger partial charge in [0.15, 0.2) is 11.5 Å². The van der Waals surface area contributed by atoms with Gasteiger partial charge in [0, 0.05) is 42.7 Å². The molecule has 0 saturated carbocycles. The zero-order valence-corrected chi connectivity index (χ0v) is 15.2. The predicted octanol–water partition coefficient (Wildman–Crippen LogP) is 2.77. The molecule has 0 spiro atoms. The molecule has 1 aromatic heterocycles. The number of nitrogens with one attached hydrogen (secondary N) is 1. The number of nitrogens with zero attached hydrogens (tertiary/aromatic N) is 1. The van der Waals surface area contributed by atoms with Crippen LogP contribution in [0.5, 0.6) is 17.2 Å². The van der Waals surface area contributed by atoms with Crippen molar-refractivity contribution in [2.45, 2.75) is 6.04 Å². The van der Waals surface area contributed by atoms with E-state index in [9.17, 15) is 0 Å². The first-order valence-corrected chi connectivity index (χ1v) is 8.94.